The van der Waals surface area contributed by atoms with E-state index in [1.165, 1.54) is 69.8 Å². The van der Waals surface area contributed by atoms with Crippen molar-refractivity contribution in [3.63, 3.8) is 0 Å². The summed E-state index contributed by atoms with van der Waals surface area (Å²) in [6.45, 7) is 5.96. The summed E-state index contributed by atoms with van der Waals surface area (Å²) >= 11 is 0. The molecular weight excluding hydrogens is 364 g/mol. The van der Waals surface area contributed by atoms with Crippen LogP contribution < -0.4 is 0 Å². The summed E-state index contributed by atoms with van der Waals surface area (Å²) in [5, 5.41) is 0. The molecule has 0 amide bonds. The average molecular weight is 407 g/mol. The first-order valence-corrected chi connectivity index (χ1v) is 13.2. The summed E-state index contributed by atoms with van der Waals surface area (Å²) in [5.74, 6) is 0.252. The van der Waals surface area contributed by atoms with Crippen molar-refractivity contribution in [3.05, 3.63) is 42.5 Å². The van der Waals surface area contributed by atoms with Gasteiger partial charge in [0.25, 0.3) is 0 Å². The van der Waals surface area contributed by atoms with E-state index in [0.717, 1.165) is 32.1 Å². The molecule has 2 nitrogen and oxygen atoms in total. The SMILES string of the molecule is C=CCCCCCS(=O)(=O)c1ccc(CCCCCCCCCCCC)cc1. The number of hydrogen-bond acceptors (Lipinski definition) is 2. The quantitative estimate of drug-likeness (QED) is 0.185. The summed E-state index contributed by atoms with van der Waals surface area (Å²) < 4.78 is 24.8. The van der Waals surface area contributed by atoms with Crippen molar-refractivity contribution in [2.45, 2.75) is 108 Å². The first-order valence-electron chi connectivity index (χ1n) is 11.5. The first-order chi connectivity index (χ1) is 13.6. The van der Waals surface area contributed by atoms with Gasteiger partial charge in [-0.2, -0.15) is 0 Å². The Kier molecular flexibility index (Phi) is 14.1. The van der Waals surface area contributed by atoms with E-state index >= 15 is 0 Å². The van der Waals surface area contributed by atoms with Crippen molar-refractivity contribution in [2.75, 3.05) is 5.75 Å². The van der Waals surface area contributed by atoms with Gasteiger partial charge in [-0.15, -0.1) is 6.58 Å². The fraction of sp³-hybridized carbons (Fsp3) is 0.680. The minimum atomic E-state index is -3.13. The Balaban J connectivity index is 2.17. The zero-order chi connectivity index (χ0) is 20.5. The summed E-state index contributed by atoms with van der Waals surface area (Å²) in [6.07, 6.45) is 20.1. The molecule has 3 heteroatoms. The maximum atomic E-state index is 12.4. The van der Waals surface area contributed by atoms with Gasteiger partial charge in [-0.25, -0.2) is 8.42 Å². The molecule has 0 unspecified atom stereocenters. The standard InChI is InChI=1S/C25H42O2S/c1-3-5-7-9-10-11-12-13-14-16-18-24-19-21-25(22-20-24)28(26,27)23-17-15-8-6-4-2/h4,19-22H,2-3,5-18,23H2,1H3. The van der Waals surface area contributed by atoms with Gasteiger partial charge in [0.2, 0.25) is 0 Å². The highest BCUT2D eigenvalue weighted by Gasteiger charge is 2.13. The lowest BCUT2D eigenvalue weighted by Crippen LogP contribution is -2.07. The molecule has 1 rings (SSSR count). The lowest BCUT2D eigenvalue weighted by atomic mass is 10.0. The van der Waals surface area contributed by atoms with Gasteiger partial charge < -0.3 is 0 Å². The Hall–Kier alpha value is -1.09. The largest absolute Gasteiger partial charge is 0.224 e. The monoisotopic (exact) mass is 406 g/mol. The second-order valence-corrected chi connectivity index (χ2v) is 10.1. The molecule has 1 aromatic rings. The third kappa shape index (κ3) is 11.7. The first kappa shape index (κ1) is 24.9. The maximum Gasteiger partial charge on any atom is 0.178 e. The molecule has 0 aliphatic rings. The van der Waals surface area contributed by atoms with Crippen LogP contribution in [-0.2, 0) is 16.3 Å². The van der Waals surface area contributed by atoms with E-state index in [2.05, 4.69) is 13.5 Å². The van der Waals surface area contributed by atoms with Gasteiger partial charge in [0.1, 0.15) is 0 Å². The van der Waals surface area contributed by atoms with Crippen LogP contribution in [0.25, 0.3) is 0 Å². The van der Waals surface area contributed by atoms with Crippen LogP contribution in [0, 0.1) is 0 Å². The van der Waals surface area contributed by atoms with Gasteiger partial charge in [-0.05, 0) is 49.8 Å². The zero-order valence-electron chi connectivity index (χ0n) is 18.1. The molecule has 0 heterocycles. The molecule has 0 radical (unpaired) electrons. The summed E-state index contributed by atoms with van der Waals surface area (Å²) in [6, 6.07) is 7.59. The summed E-state index contributed by atoms with van der Waals surface area (Å²) in [4.78, 5) is 0.475. The van der Waals surface area contributed by atoms with Gasteiger partial charge in [-0.1, -0.05) is 89.3 Å². The van der Waals surface area contributed by atoms with Crippen molar-refractivity contribution in [3.8, 4) is 0 Å². The molecule has 160 valence electrons. The highest BCUT2D eigenvalue weighted by atomic mass is 32.2. The zero-order valence-corrected chi connectivity index (χ0v) is 18.9. The van der Waals surface area contributed by atoms with Gasteiger partial charge in [0, 0.05) is 0 Å². The maximum absolute atomic E-state index is 12.4. The topological polar surface area (TPSA) is 34.1 Å². The third-order valence-electron chi connectivity index (χ3n) is 5.42. The Morgan fingerprint density at radius 2 is 1.29 bits per heavy atom. The van der Waals surface area contributed by atoms with E-state index in [9.17, 15) is 8.42 Å². The van der Waals surface area contributed by atoms with Crippen LogP contribution in [-0.4, -0.2) is 14.2 Å². The van der Waals surface area contributed by atoms with Gasteiger partial charge in [-0.3, -0.25) is 0 Å². The van der Waals surface area contributed by atoms with Crippen molar-refractivity contribution in [1.82, 2.24) is 0 Å². The summed E-state index contributed by atoms with van der Waals surface area (Å²) in [5.41, 5.74) is 1.25. The second-order valence-electron chi connectivity index (χ2n) is 8.03. The van der Waals surface area contributed by atoms with Gasteiger partial charge in [0.05, 0.1) is 10.6 Å². The minimum Gasteiger partial charge on any atom is -0.224 e. The van der Waals surface area contributed by atoms with Crippen LogP contribution in [0.4, 0.5) is 0 Å². The summed E-state index contributed by atoms with van der Waals surface area (Å²) in [7, 11) is -3.13. The molecule has 0 aromatic heterocycles. The highest BCUT2D eigenvalue weighted by molar-refractivity contribution is 7.91. The predicted molar refractivity (Wildman–Crippen MR) is 123 cm³/mol. The fourth-order valence-corrected chi connectivity index (χ4v) is 4.93. The van der Waals surface area contributed by atoms with E-state index in [4.69, 9.17) is 0 Å². The molecule has 28 heavy (non-hydrogen) atoms. The van der Waals surface area contributed by atoms with Crippen molar-refractivity contribution < 1.29 is 8.42 Å². The van der Waals surface area contributed by atoms with Crippen LogP contribution in [0.1, 0.15) is 102 Å². The minimum absolute atomic E-state index is 0.252. The lowest BCUT2D eigenvalue weighted by molar-refractivity contribution is 0.556. The third-order valence-corrected chi connectivity index (χ3v) is 7.24. The van der Waals surface area contributed by atoms with Crippen molar-refractivity contribution >= 4 is 9.84 Å². The van der Waals surface area contributed by atoms with E-state index < -0.39 is 9.84 Å². The molecule has 1 aromatic carbocycles. The highest BCUT2D eigenvalue weighted by Crippen LogP contribution is 2.17. The van der Waals surface area contributed by atoms with Crippen molar-refractivity contribution in [2.24, 2.45) is 0 Å². The number of benzene rings is 1. The Morgan fingerprint density at radius 3 is 1.86 bits per heavy atom. The normalized spacial score (nSPS) is 11.6. The second kappa shape index (κ2) is 15.8. The molecule has 0 atom stereocenters. The molecule has 0 saturated carbocycles. The molecule has 0 N–H and O–H groups in total. The van der Waals surface area contributed by atoms with Crippen LogP contribution >= 0.6 is 0 Å². The van der Waals surface area contributed by atoms with Crippen LogP contribution in [0.2, 0.25) is 0 Å². The molecule has 0 fully saturated rings. The fourth-order valence-electron chi connectivity index (χ4n) is 3.56. The molecule has 0 aliphatic carbocycles. The van der Waals surface area contributed by atoms with Gasteiger partial charge >= 0.3 is 0 Å². The Bertz CT molecular complexity index is 602. The van der Waals surface area contributed by atoms with E-state index in [0.29, 0.717) is 4.90 Å². The van der Waals surface area contributed by atoms with E-state index in [-0.39, 0.29) is 5.75 Å². The predicted octanol–water partition coefficient (Wildman–Crippen LogP) is 7.67. The molecule has 0 spiro atoms. The van der Waals surface area contributed by atoms with Gasteiger partial charge in [0.15, 0.2) is 9.84 Å². The van der Waals surface area contributed by atoms with E-state index in [1.54, 1.807) is 12.1 Å². The van der Waals surface area contributed by atoms with Crippen LogP contribution in [0.5, 0.6) is 0 Å². The molecule has 0 saturated heterocycles. The average Bonchev–Trinajstić information content (AvgIpc) is 2.69. The molecule has 0 bridgehead atoms. The number of sulfone groups is 1. The van der Waals surface area contributed by atoms with Crippen molar-refractivity contribution in [1.29, 1.82) is 0 Å². The van der Waals surface area contributed by atoms with Crippen LogP contribution in [0.15, 0.2) is 41.8 Å². The number of aryl methyl sites for hydroxylation is 1. The number of rotatable bonds is 18. The number of allylic oxidation sites excluding steroid dienone is 1. The Morgan fingerprint density at radius 1 is 0.750 bits per heavy atom. The van der Waals surface area contributed by atoms with E-state index in [1.807, 2.05) is 18.2 Å². The number of unbranched alkanes of at least 4 members (excludes halogenated alkanes) is 12. The molecular formula is C25H42O2S. The molecule has 0 aliphatic heterocycles. The lowest BCUT2D eigenvalue weighted by Gasteiger charge is -2.07. The smallest absolute Gasteiger partial charge is 0.178 e. The Labute approximate surface area is 174 Å². The van der Waals surface area contributed by atoms with Crippen LogP contribution in [0.3, 0.4) is 0 Å². The number of hydrogen-bond donors (Lipinski definition) is 0.